The van der Waals surface area contributed by atoms with Gasteiger partial charge in [-0.15, -0.1) is 11.3 Å². The Kier molecular flexibility index (Phi) is 5.60. The lowest BCUT2D eigenvalue weighted by atomic mass is 10.1. The Balaban J connectivity index is 1.48. The minimum atomic E-state index is -0.0814. The maximum atomic E-state index is 12.2. The van der Waals surface area contributed by atoms with Gasteiger partial charge >= 0.3 is 0 Å². The number of aromatic nitrogens is 1. The van der Waals surface area contributed by atoms with E-state index in [1.165, 1.54) is 11.3 Å². The van der Waals surface area contributed by atoms with E-state index in [0.717, 1.165) is 31.6 Å². The smallest absolute Gasteiger partial charge is 0.251 e. The number of hydrogen-bond acceptors (Lipinski definition) is 5. The standard InChI is InChI=1S/C17H20N2O3S/c20-17(18-7-6-15-5-2-8-21-15)13-3-1-4-16(9-13)22-10-14-11-23-12-19-14/h1,3-4,9,11-12,15H,2,5-8,10H2,(H,18,20). The molecule has 1 aliphatic rings. The van der Waals surface area contributed by atoms with Crippen molar-refractivity contribution in [2.45, 2.75) is 32.0 Å². The van der Waals surface area contributed by atoms with E-state index in [1.54, 1.807) is 17.6 Å². The Morgan fingerprint density at radius 1 is 1.48 bits per heavy atom. The number of ether oxygens (including phenoxy) is 2. The second-order valence-corrected chi connectivity index (χ2v) is 6.19. The van der Waals surface area contributed by atoms with E-state index >= 15 is 0 Å². The van der Waals surface area contributed by atoms with Crippen LogP contribution in [0.2, 0.25) is 0 Å². The van der Waals surface area contributed by atoms with Crippen LogP contribution in [0.15, 0.2) is 35.2 Å². The molecule has 5 nitrogen and oxygen atoms in total. The first-order valence-corrected chi connectivity index (χ1v) is 8.75. The maximum absolute atomic E-state index is 12.2. The summed E-state index contributed by atoms with van der Waals surface area (Å²) in [4.78, 5) is 16.4. The number of amides is 1. The second-order valence-electron chi connectivity index (χ2n) is 5.48. The minimum absolute atomic E-state index is 0.0814. The van der Waals surface area contributed by atoms with Crippen LogP contribution in [0.25, 0.3) is 0 Å². The van der Waals surface area contributed by atoms with Gasteiger partial charge in [0.1, 0.15) is 12.4 Å². The zero-order valence-electron chi connectivity index (χ0n) is 12.9. The molecule has 1 aromatic heterocycles. The van der Waals surface area contributed by atoms with Crippen molar-refractivity contribution < 1.29 is 14.3 Å². The Bertz CT molecular complexity index is 625. The maximum Gasteiger partial charge on any atom is 0.251 e. The van der Waals surface area contributed by atoms with Crippen LogP contribution in [-0.4, -0.2) is 30.1 Å². The van der Waals surface area contributed by atoms with Crippen molar-refractivity contribution in [3.8, 4) is 5.75 Å². The van der Waals surface area contributed by atoms with Crippen molar-refractivity contribution in [2.24, 2.45) is 0 Å². The van der Waals surface area contributed by atoms with Crippen molar-refractivity contribution >= 4 is 17.2 Å². The zero-order chi connectivity index (χ0) is 15.9. The monoisotopic (exact) mass is 332 g/mol. The molecule has 0 saturated carbocycles. The number of carbonyl (C=O) groups excluding carboxylic acids is 1. The SMILES string of the molecule is O=C(NCCC1CCCO1)c1cccc(OCc2cscn2)c1. The molecule has 0 spiro atoms. The van der Waals surface area contributed by atoms with Crippen molar-refractivity contribution in [2.75, 3.05) is 13.2 Å². The molecule has 0 aliphatic carbocycles. The molecule has 0 bridgehead atoms. The van der Waals surface area contributed by atoms with Gasteiger partial charge in [-0.25, -0.2) is 4.98 Å². The highest BCUT2D eigenvalue weighted by atomic mass is 32.1. The van der Waals surface area contributed by atoms with Crippen molar-refractivity contribution in [3.63, 3.8) is 0 Å². The molecule has 1 fully saturated rings. The Morgan fingerprint density at radius 2 is 2.43 bits per heavy atom. The van der Waals surface area contributed by atoms with Gasteiger partial charge in [-0.3, -0.25) is 4.79 Å². The lowest BCUT2D eigenvalue weighted by molar-refractivity contribution is 0.0907. The van der Waals surface area contributed by atoms with Crippen LogP contribution in [0.1, 0.15) is 35.3 Å². The molecule has 1 N–H and O–H groups in total. The van der Waals surface area contributed by atoms with E-state index in [-0.39, 0.29) is 5.91 Å². The van der Waals surface area contributed by atoms with E-state index in [0.29, 0.717) is 30.6 Å². The highest BCUT2D eigenvalue weighted by Gasteiger charge is 2.15. The van der Waals surface area contributed by atoms with Crippen LogP contribution in [0.3, 0.4) is 0 Å². The molecule has 1 aliphatic heterocycles. The van der Waals surface area contributed by atoms with Gasteiger partial charge in [-0.1, -0.05) is 6.07 Å². The molecular formula is C17H20N2O3S. The van der Waals surface area contributed by atoms with Gasteiger partial charge < -0.3 is 14.8 Å². The summed E-state index contributed by atoms with van der Waals surface area (Å²) in [5, 5.41) is 4.88. The van der Waals surface area contributed by atoms with E-state index < -0.39 is 0 Å². The molecule has 122 valence electrons. The molecule has 23 heavy (non-hydrogen) atoms. The lowest BCUT2D eigenvalue weighted by Crippen LogP contribution is -2.27. The van der Waals surface area contributed by atoms with Gasteiger partial charge in [0.15, 0.2) is 0 Å². The fourth-order valence-electron chi connectivity index (χ4n) is 2.51. The molecule has 3 rings (SSSR count). The molecular weight excluding hydrogens is 312 g/mol. The molecule has 1 atom stereocenters. The van der Waals surface area contributed by atoms with Crippen LogP contribution < -0.4 is 10.1 Å². The highest BCUT2D eigenvalue weighted by Crippen LogP contribution is 2.16. The van der Waals surface area contributed by atoms with Crippen LogP contribution in [0.5, 0.6) is 5.75 Å². The summed E-state index contributed by atoms with van der Waals surface area (Å²) in [6.45, 7) is 1.89. The van der Waals surface area contributed by atoms with E-state index in [2.05, 4.69) is 10.3 Å². The van der Waals surface area contributed by atoms with E-state index in [9.17, 15) is 4.79 Å². The fraction of sp³-hybridized carbons (Fsp3) is 0.412. The third kappa shape index (κ3) is 4.77. The number of rotatable bonds is 7. The summed E-state index contributed by atoms with van der Waals surface area (Å²) in [5.41, 5.74) is 3.27. The number of hydrogen-bond donors (Lipinski definition) is 1. The first-order chi connectivity index (χ1) is 11.3. The topological polar surface area (TPSA) is 60.5 Å². The average molecular weight is 332 g/mol. The quantitative estimate of drug-likeness (QED) is 0.847. The molecule has 1 aromatic carbocycles. The predicted octanol–water partition coefficient (Wildman–Crippen LogP) is 3.02. The summed E-state index contributed by atoms with van der Waals surface area (Å²) in [5.74, 6) is 0.590. The number of carbonyl (C=O) groups is 1. The van der Waals surface area contributed by atoms with E-state index in [4.69, 9.17) is 9.47 Å². The summed E-state index contributed by atoms with van der Waals surface area (Å²) < 4.78 is 11.2. The summed E-state index contributed by atoms with van der Waals surface area (Å²) in [7, 11) is 0. The molecule has 2 heterocycles. The number of nitrogens with zero attached hydrogens (tertiary/aromatic N) is 1. The summed E-state index contributed by atoms with van der Waals surface area (Å²) in [6, 6.07) is 7.21. The van der Waals surface area contributed by atoms with Crippen molar-refractivity contribution in [3.05, 3.63) is 46.4 Å². The lowest BCUT2D eigenvalue weighted by Gasteiger charge is -2.11. The molecule has 1 amide bonds. The van der Waals surface area contributed by atoms with Gasteiger partial charge in [-0.2, -0.15) is 0 Å². The molecule has 2 aromatic rings. The predicted molar refractivity (Wildman–Crippen MR) is 88.8 cm³/mol. The van der Waals surface area contributed by atoms with E-state index in [1.807, 2.05) is 17.5 Å². The minimum Gasteiger partial charge on any atom is -0.487 e. The fourth-order valence-corrected chi connectivity index (χ4v) is 3.06. The van der Waals surface area contributed by atoms with Gasteiger partial charge in [0, 0.05) is 24.1 Å². The normalized spacial score (nSPS) is 17.1. The molecule has 1 unspecified atom stereocenters. The number of benzene rings is 1. The van der Waals surface area contributed by atoms with Gasteiger partial charge in [-0.05, 0) is 37.5 Å². The van der Waals surface area contributed by atoms with Crippen LogP contribution in [0.4, 0.5) is 0 Å². The van der Waals surface area contributed by atoms with Crippen LogP contribution in [-0.2, 0) is 11.3 Å². The zero-order valence-corrected chi connectivity index (χ0v) is 13.7. The van der Waals surface area contributed by atoms with Crippen LogP contribution in [0, 0.1) is 0 Å². The Morgan fingerprint density at radius 3 is 3.22 bits per heavy atom. The number of thiazole rings is 1. The van der Waals surface area contributed by atoms with Gasteiger partial charge in [0.2, 0.25) is 0 Å². The first-order valence-electron chi connectivity index (χ1n) is 7.81. The number of nitrogens with one attached hydrogen (secondary N) is 1. The van der Waals surface area contributed by atoms with Gasteiger partial charge in [0.05, 0.1) is 17.3 Å². The summed E-state index contributed by atoms with van der Waals surface area (Å²) in [6.07, 6.45) is 3.38. The molecule has 1 saturated heterocycles. The largest absolute Gasteiger partial charge is 0.487 e. The second kappa shape index (κ2) is 8.08. The third-order valence-electron chi connectivity index (χ3n) is 3.74. The van der Waals surface area contributed by atoms with Gasteiger partial charge in [0.25, 0.3) is 5.91 Å². The molecule has 0 radical (unpaired) electrons. The highest BCUT2D eigenvalue weighted by molar-refractivity contribution is 7.07. The average Bonchev–Trinajstić information content (AvgIpc) is 3.27. The Hall–Kier alpha value is -1.92. The third-order valence-corrected chi connectivity index (χ3v) is 4.38. The van der Waals surface area contributed by atoms with Crippen molar-refractivity contribution in [1.82, 2.24) is 10.3 Å². The summed E-state index contributed by atoms with van der Waals surface area (Å²) >= 11 is 1.54. The molecule has 6 heteroatoms. The first kappa shape index (κ1) is 16.0. The van der Waals surface area contributed by atoms with Crippen LogP contribution >= 0.6 is 11.3 Å². The Labute approximate surface area is 139 Å². The van der Waals surface area contributed by atoms with Crippen molar-refractivity contribution in [1.29, 1.82) is 0 Å².